The van der Waals surface area contributed by atoms with Crippen LogP contribution in [0.5, 0.6) is 17.2 Å². The molecule has 2 aromatic carbocycles. The first-order valence-corrected chi connectivity index (χ1v) is 13.4. The first kappa shape index (κ1) is 27.7. The molecular weight excluding hydrogens is 526 g/mol. The van der Waals surface area contributed by atoms with Gasteiger partial charge in [-0.15, -0.1) is 0 Å². The molecule has 0 saturated carbocycles. The molecule has 12 heteroatoms. The van der Waals surface area contributed by atoms with Gasteiger partial charge < -0.3 is 19.5 Å². The standard InChI is InChI=1S/C29H33N7O5/c1-6-40-25-15-23-20(13-24(25)39-5)22-14-26(32-27-18(3)11-17(2)12-19(27)4)36(29(38)35(22)9-10-41-23)8-7-30-28(37)21-16-31-34-33-21/h11-16H,6-10H2,1-5H3,(H,30,37)(H,31,33,34). The molecule has 41 heavy (non-hydrogen) atoms. The van der Waals surface area contributed by atoms with Crippen LogP contribution in [0.1, 0.15) is 34.1 Å². The number of aromatic amines is 1. The second-order valence-electron chi connectivity index (χ2n) is 9.72. The number of ether oxygens (including phenoxy) is 3. The predicted molar refractivity (Wildman–Crippen MR) is 152 cm³/mol. The highest BCUT2D eigenvalue weighted by atomic mass is 16.5. The lowest BCUT2D eigenvalue weighted by molar-refractivity contribution is 0.0947. The van der Waals surface area contributed by atoms with Gasteiger partial charge in [0.15, 0.2) is 17.2 Å². The second-order valence-corrected chi connectivity index (χ2v) is 9.72. The molecule has 0 aliphatic carbocycles. The van der Waals surface area contributed by atoms with E-state index in [1.165, 1.54) is 6.20 Å². The molecule has 0 saturated heterocycles. The number of amides is 1. The number of methoxy groups -OCH3 is 1. The Morgan fingerprint density at radius 3 is 2.61 bits per heavy atom. The molecule has 3 heterocycles. The molecule has 0 unspecified atom stereocenters. The van der Waals surface area contributed by atoms with Crippen molar-refractivity contribution in [3.63, 3.8) is 0 Å². The summed E-state index contributed by atoms with van der Waals surface area (Å²) in [6.45, 7) is 9.38. The van der Waals surface area contributed by atoms with Gasteiger partial charge in [-0.3, -0.25) is 13.9 Å². The van der Waals surface area contributed by atoms with E-state index in [-0.39, 0.29) is 31.1 Å². The van der Waals surface area contributed by atoms with Crippen LogP contribution in [0.3, 0.4) is 0 Å². The number of nitrogens with one attached hydrogen (secondary N) is 2. The number of rotatable bonds is 8. The largest absolute Gasteiger partial charge is 0.493 e. The molecule has 0 atom stereocenters. The van der Waals surface area contributed by atoms with Gasteiger partial charge in [0.1, 0.15) is 17.8 Å². The lowest BCUT2D eigenvalue weighted by Gasteiger charge is -2.17. The number of fused-ring (bicyclic) bond motifs is 3. The number of hydrogen-bond acceptors (Lipinski definition) is 8. The van der Waals surface area contributed by atoms with E-state index in [0.29, 0.717) is 47.1 Å². The number of carbonyl (C=O) groups is 1. The van der Waals surface area contributed by atoms with Crippen LogP contribution in [0.4, 0.5) is 5.69 Å². The fraction of sp³-hybridized carbons (Fsp3) is 0.345. The van der Waals surface area contributed by atoms with Crippen LogP contribution in [0.15, 0.2) is 46.3 Å². The van der Waals surface area contributed by atoms with Crippen LogP contribution in [0.25, 0.3) is 11.3 Å². The first-order valence-electron chi connectivity index (χ1n) is 13.4. The van der Waals surface area contributed by atoms with E-state index < -0.39 is 5.91 Å². The molecule has 0 spiro atoms. The van der Waals surface area contributed by atoms with E-state index in [2.05, 4.69) is 32.9 Å². The van der Waals surface area contributed by atoms with Gasteiger partial charge >= 0.3 is 5.69 Å². The summed E-state index contributed by atoms with van der Waals surface area (Å²) in [6, 6.07) is 9.63. The third-order valence-corrected chi connectivity index (χ3v) is 6.84. The molecule has 4 aromatic rings. The van der Waals surface area contributed by atoms with Gasteiger partial charge in [-0.05, 0) is 44.9 Å². The predicted octanol–water partition coefficient (Wildman–Crippen LogP) is 2.82. The van der Waals surface area contributed by atoms with Crippen molar-refractivity contribution in [2.24, 2.45) is 4.99 Å². The summed E-state index contributed by atoms with van der Waals surface area (Å²) >= 11 is 0. The minimum atomic E-state index is -0.391. The van der Waals surface area contributed by atoms with Crippen LogP contribution in [0, 0.1) is 20.8 Å². The summed E-state index contributed by atoms with van der Waals surface area (Å²) in [5.41, 5.74) is 5.59. The Bertz CT molecular complexity index is 1700. The van der Waals surface area contributed by atoms with E-state index in [1.54, 1.807) is 22.3 Å². The summed E-state index contributed by atoms with van der Waals surface area (Å²) in [4.78, 5) is 31.5. The van der Waals surface area contributed by atoms with Crippen molar-refractivity contribution in [3.05, 3.63) is 74.9 Å². The average molecular weight is 560 g/mol. The maximum atomic E-state index is 14.1. The number of H-pyrrole nitrogens is 1. The third kappa shape index (κ3) is 5.58. The van der Waals surface area contributed by atoms with Crippen LogP contribution in [-0.2, 0) is 13.1 Å². The number of benzene rings is 2. The topological polar surface area (TPSA) is 138 Å². The average Bonchev–Trinajstić information content (AvgIpc) is 3.42. The Kier molecular flexibility index (Phi) is 7.90. The maximum Gasteiger partial charge on any atom is 0.330 e. The minimum absolute atomic E-state index is 0.165. The lowest BCUT2D eigenvalue weighted by Crippen LogP contribution is -2.43. The van der Waals surface area contributed by atoms with Gasteiger partial charge in [0.05, 0.1) is 37.8 Å². The lowest BCUT2D eigenvalue weighted by atomic mass is 10.1. The Labute approximate surface area is 236 Å². The Morgan fingerprint density at radius 1 is 1.15 bits per heavy atom. The number of carbonyl (C=O) groups excluding carboxylic acids is 1. The summed E-state index contributed by atoms with van der Waals surface area (Å²) in [7, 11) is 1.57. The fourth-order valence-electron chi connectivity index (χ4n) is 5.05. The van der Waals surface area contributed by atoms with Crippen LogP contribution in [0.2, 0.25) is 0 Å². The smallest absolute Gasteiger partial charge is 0.330 e. The van der Waals surface area contributed by atoms with Crippen molar-refractivity contribution in [1.29, 1.82) is 0 Å². The SMILES string of the molecule is CCOc1cc2c(cc1OC)-c1cc(=Nc3c(C)cc(C)cc3C)n(CCNC(=O)c3cn[nH]n3)c(=O)n1CCO2. The van der Waals surface area contributed by atoms with Gasteiger partial charge in [-0.1, -0.05) is 17.7 Å². The van der Waals surface area contributed by atoms with Crippen molar-refractivity contribution in [3.8, 4) is 28.5 Å². The van der Waals surface area contributed by atoms with E-state index in [4.69, 9.17) is 19.2 Å². The minimum Gasteiger partial charge on any atom is -0.493 e. The van der Waals surface area contributed by atoms with E-state index in [1.807, 2.05) is 39.8 Å². The fourth-order valence-corrected chi connectivity index (χ4v) is 5.05. The molecule has 0 fully saturated rings. The molecule has 2 N–H and O–H groups in total. The molecule has 5 rings (SSSR count). The van der Waals surface area contributed by atoms with Gasteiger partial charge in [0.25, 0.3) is 5.91 Å². The number of nitrogens with zero attached hydrogens (tertiary/aromatic N) is 5. The van der Waals surface area contributed by atoms with Crippen molar-refractivity contribution < 1.29 is 19.0 Å². The van der Waals surface area contributed by atoms with Crippen molar-refractivity contribution in [2.75, 3.05) is 26.9 Å². The zero-order valence-electron chi connectivity index (χ0n) is 23.8. The molecule has 12 nitrogen and oxygen atoms in total. The molecule has 1 aliphatic heterocycles. The highest BCUT2D eigenvalue weighted by Gasteiger charge is 2.22. The highest BCUT2D eigenvalue weighted by molar-refractivity contribution is 5.91. The van der Waals surface area contributed by atoms with E-state index in [9.17, 15) is 9.59 Å². The Morgan fingerprint density at radius 2 is 1.93 bits per heavy atom. The van der Waals surface area contributed by atoms with E-state index in [0.717, 1.165) is 22.4 Å². The molecule has 1 aliphatic rings. The molecule has 0 bridgehead atoms. The third-order valence-electron chi connectivity index (χ3n) is 6.84. The summed E-state index contributed by atoms with van der Waals surface area (Å²) < 4.78 is 20.7. The maximum absolute atomic E-state index is 14.1. The van der Waals surface area contributed by atoms with Gasteiger partial charge in [-0.25, -0.2) is 9.79 Å². The Balaban J connectivity index is 1.67. The molecular formula is C29H33N7O5. The molecule has 2 aromatic heterocycles. The van der Waals surface area contributed by atoms with E-state index >= 15 is 0 Å². The van der Waals surface area contributed by atoms with Crippen LogP contribution >= 0.6 is 0 Å². The quantitative estimate of drug-likeness (QED) is 0.339. The van der Waals surface area contributed by atoms with Gasteiger partial charge in [-0.2, -0.15) is 15.4 Å². The second kappa shape index (κ2) is 11.7. The zero-order valence-corrected chi connectivity index (χ0v) is 23.8. The summed E-state index contributed by atoms with van der Waals surface area (Å²) in [5, 5.41) is 12.7. The normalized spacial score (nSPS) is 12.7. The van der Waals surface area contributed by atoms with Crippen molar-refractivity contribution >= 4 is 11.6 Å². The molecule has 0 radical (unpaired) electrons. The monoisotopic (exact) mass is 559 g/mol. The molecule has 1 amide bonds. The van der Waals surface area contributed by atoms with Gasteiger partial charge in [0, 0.05) is 30.8 Å². The summed E-state index contributed by atoms with van der Waals surface area (Å²) in [5.74, 6) is 1.30. The van der Waals surface area contributed by atoms with Crippen LogP contribution < -0.4 is 30.7 Å². The van der Waals surface area contributed by atoms with Crippen molar-refractivity contribution in [1.82, 2.24) is 29.9 Å². The summed E-state index contributed by atoms with van der Waals surface area (Å²) in [6.07, 6.45) is 1.34. The zero-order chi connectivity index (χ0) is 29.1. The van der Waals surface area contributed by atoms with Crippen molar-refractivity contribution in [2.45, 2.75) is 40.8 Å². The number of hydrogen-bond donors (Lipinski definition) is 2. The number of aryl methyl sites for hydroxylation is 3. The Hall–Kier alpha value is -4.87. The first-order chi connectivity index (χ1) is 19.8. The molecule has 214 valence electrons. The van der Waals surface area contributed by atoms with Gasteiger partial charge in [0.2, 0.25) is 0 Å². The van der Waals surface area contributed by atoms with Crippen LogP contribution in [-0.4, -0.2) is 57.3 Å². The number of aromatic nitrogens is 5. The highest BCUT2D eigenvalue weighted by Crippen LogP contribution is 2.40.